The van der Waals surface area contributed by atoms with E-state index in [2.05, 4.69) is 24.1 Å². The Morgan fingerprint density at radius 1 is 1.40 bits per heavy atom. The summed E-state index contributed by atoms with van der Waals surface area (Å²) < 4.78 is 0. The van der Waals surface area contributed by atoms with E-state index in [1.165, 1.54) is 5.56 Å². The van der Waals surface area contributed by atoms with E-state index in [1.807, 2.05) is 12.1 Å². The highest BCUT2D eigenvalue weighted by Crippen LogP contribution is 2.20. The van der Waals surface area contributed by atoms with Gasteiger partial charge in [0.05, 0.1) is 6.54 Å². The maximum absolute atomic E-state index is 10.8. The van der Waals surface area contributed by atoms with Crippen LogP contribution in [0.3, 0.4) is 0 Å². The van der Waals surface area contributed by atoms with Crippen LogP contribution in [0.1, 0.15) is 26.3 Å². The maximum Gasteiger partial charge on any atom is 0.143 e. The zero-order chi connectivity index (χ0) is 11.3. The minimum absolute atomic E-state index is 0.0262. The van der Waals surface area contributed by atoms with Crippen molar-refractivity contribution in [1.29, 1.82) is 0 Å². The lowest BCUT2D eigenvalue weighted by Crippen LogP contribution is -2.35. The van der Waals surface area contributed by atoms with E-state index < -0.39 is 0 Å². The number of aromatic nitrogens is 1. The molecular weight excluding hydrogens is 188 g/mol. The van der Waals surface area contributed by atoms with Crippen molar-refractivity contribution in [1.82, 2.24) is 10.3 Å². The molecule has 1 rings (SSSR count). The Kier molecular flexibility index (Phi) is 3.97. The van der Waals surface area contributed by atoms with Crippen LogP contribution in [0.25, 0.3) is 0 Å². The molecular formula is C12H18N2O. The second kappa shape index (κ2) is 5.03. The van der Waals surface area contributed by atoms with Crippen LogP contribution in [0, 0.1) is 0 Å². The summed E-state index contributed by atoms with van der Waals surface area (Å²) in [5.74, 6) is 0.167. The number of nitrogens with one attached hydrogen (secondary N) is 1. The molecule has 0 aliphatic rings. The van der Waals surface area contributed by atoms with E-state index in [1.54, 1.807) is 19.3 Å². The third kappa shape index (κ3) is 3.80. The predicted octanol–water partition coefficient (Wildman–Crippen LogP) is 1.54. The number of Topliss-reactive ketones (excluding diaryl/α,β-unsaturated/α-hetero) is 1. The number of pyridine rings is 1. The molecule has 0 aliphatic heterocycles. The van der Waals surface area contributed by atoms with Gasteiger partial charge in [-0.1, -0.05) is 13.8 Å². The van der Waals surface area contributed by atoms with E-state index in [9.17, 15) is 4.79 Å². The summed E-state index contributed by atoms with van der Waals surface area (Å²) in [6.45, 7) is 7.11. The highest BCUT2D eigenvalue weighted by molar-refractivity contribution is 5.77. The van der Waals surface area contributed by atoms with Gasteiger partial charge in [0.25, 0.3) is 0 Å². The van der Waals surface area contributed by atoms with Crippen LogP contribution in [-0.2, 0) is 10.2 Å². The zero-order valence-electron chi connectivity index (χ0n) is 9.58. The van der Waals surface area contributed by atoms with Crippen molar-refractivity contribution in [2.75, 3.05) is 13.1 Å². The molecule has 1 heterocycles. The van der Waals surface area contributed by atoms with Crippen LogP contribution >= 0.6 is 0 Å². The van der Waals surface area contributed by atoms with Crippen LogP contribution in [-0.4, -0.2) is 23.9 Å². The molecule has 0 aliphatic carbocycles. The quantitative estimate of drug-likeness (QED) is 0.794. The second-order valence-electron chi connectivity index (χ2n) is 4.43. The molecule has 0 unspecified atom stereocenters. The third-order valence-electron chi connectivity index (χ3n) is 2.40. The molecule has 1 aromatic heterocycles. The van der Waals surface area contributed by atoms with Gasteiger partial charge >= 0.3 is 0 Å². The van der Waals surface area contributed by atoms with Gasteiger partial charge in [0.1, 0.15) is 5.78 Å². The van der Waals surface area contributed by atoms with Gasteiger partial charge in [0.15, 0.2) is 0 Å². The lowest BCUT2D eigenvalue weighted by atomic mass is 9.85. The molecule has 0 spiro atoms. The van der Waals surface area contributed by atoms with Gasteiger partial charge in [0.2, 0.25) is 0 Å². The Labute approximate surface area is 90.9 Å². The summed E-state index contributed by atoms with van der Waals surface area (Å²) >= 11 is 0. The predicted molar refractivity (Wildman–Crippen MR) is 60.8 cm³/mol. The summed E-state index contributed by atoms with van der Waals surface area (Å²) in [6.07, 6.45) is 3.59. The van der Waals surface area contributed by atoms with Crippen LogP contribution in [0.4, 0.5) is 0 Å². The lowest BCUT2D eigenvalue weighted by Gasteiger charge is -2.25. The number of hydrogen-bond acceptors (Lipinski definition) is 3. The zero-order valence-corrected chi connectivity index (χ0v) is 9.58. The van der Waals surface area contributed by atoms with Gasteiger partial charge < -0.3 is 5.32 Å². The smallest absolute Gasteiger partial charge is 0.143 e. The van der Waals surface area contributed by atoms with Crippen molar-refractivity contribution in [3.05, 3.63) is 30.1 Å². The summed E-state index contributed by atoms with van der Waals surface area (Å²) in [5.41, 5.74) is 1.26. The van der Waals surface area contributed by atoms with Crippen LogP contribution < -0.4 is 5.32 Å². The summed E-state index contributed by atoms with van der Waals surface area (Å²) in [6, 6.07) is 4.02. The number of carbonyl (C=O) groups is 1. The molecule has 0 bridgehead atoms. The number of carbonyl (C=O) groups excluding carboxylic acids is 1. The summed E-state index contributed by atoms with van der Waals surface area (Å²) in [7, 11) is 0. The molecule has 3 nitrogen and oxygen atoms in total. The summed E-state index contributed by atoms with van der Waals surface area (Å²) in [5, 5.41) is 3.15. The van der Waals surface area contributed by atoms with Crippen molar-refractivity contribution >= 4 is 5.78 Å². The topological polar surface area (TPSA) is 42.0 Å². The van der Waals surface area contributed by atoms with Crippen molar-refractivity contribution in [3.8, 4) is 0 Å². The van der Waals surface area contributed by atoms with Gasteiger partial charge in [-0.05, 0) is 24.6 Å². The van der Waals surface area contributed by atoms with Gasteiger partial charge in [0, 0.05) is 24.4 Å². The Balaban J connectivity index is 2.56. The first kappa shape index (κ1) is 11.9. The Morgan fingerprint density at radius 2 is 2.00 bits per heavy atom. The molecule has 3 heteroatoms. The van der Waals surface area contributed by atoms with Crippen molar-refractivity contribution in [2.24, 2.45) is 0 Å². The minimum Gasteiger partial charge on any atom is -0.309 e. The summed E-state index contributed by atoms with van der Waals surface area (Å²) in [4.78, 5) is 14.8. The van der Waals surface area contributed by atoms with E-state index in [0.717, 1.165) is 6.54 Å². The van der Waals surface area contributed by atoms with Gasteiger partial charge in [-0.2, -0.15) is 0 Å². The van der Waals surface area contributed by atoms with Crippen LogP contribution in [0.2, 0.25) is 0 Å². The largest absolute Gasteiger partial charge is 0.309 e. The molecule has 1 N–H and O–H groups in total. The standard InChI is InChI=1S/C12H18N2O/c1-10(15)8-14-9-12(2,3)11-4-6-13-7-5-11/h4-7,14H,8-9H2,1-3H3. The van der Waals surface area contributed by atoms with Gasteiger partial charge in [-0.15, -0.1) is 0 Å². The van der Waals surface area contributed by atoms with Crippen molar-refractivity contribution in [2.45, 2.75) is 26.2 Å². The molecule has 0 atom stereocenters. The number of nitrogens with zero attached hydrogens (tertiary/aromatic N) is 1. The Morgan fingerprint density at radius 3 is 2.53 bits per heavy atom. The molecule has 0 radical (unpaired) electrons. The molecule has 0 saturated heterocycles. The van der Waals surface area contributed by atoms with Gasteiger partial charge in [-0.25, -0.2) is 0 Å². The first-order valence-corrected chi connectivity index (χ1v) is 5.13. The fourth-order valence-electron chi connectivity index (χ4n) is 1.46. The molecule has 82 valence electrons. The monoisotopic (exact) mass is 206 g/mol. The van der Waals surface area contributed by atoms with E-state index in [-0.39, 0.29) is 11.2 Å². The van der Waals surface area contributed by atoms with Gasteiger partial charge in [-0.3, -0.25) is 9.78 Å². The Bertz CT molecular complexity index is 320. The van der Waals surface area contributed by atoms with Crippen LogP contribution in [0.5, 0.6) is 0 Å². The highest BCUT2D eigenvalue weighted by Gasteiger charge is 2.19. The van der Waals surface area contributed by atoms with E-state index in [0.29, 0.717) is 6.54 Å². The SMILES string of the molecule is CC(=O)CNCC(C)(C)c1ccncc1. The highest BCUT2D eigenvalue weighted by atomic mass is 16.1. The molecule has 0 aromatic carbocycles. The average Bonchev–Trinajstić information content (AvgIpc) is 2.18. The number of hydrogen-bond donors (Lipinski definition) is 1. The number of ketones is 1. The fraction of sp³-hybridized carbons (Fsp3) is 0.500. The normalized spacial score (nSPS) is 11.4. The first-order valence-electron chi connectivity index (χ1n) is 5.13. The third-order valence-corrected chi connectivity index (χ3v) is 2.40. The average molecular weight is 206 g/mol. The fourth-order valence-corrected chi connectivity index (χ4v) is 1.46. The molecule has 15 heavy (non-hydrogen) atoms. The van der Waals surface area contributed by atoms with E-state index >= 15 is 0 Å². The second-order valence-corrected chi connectivity index (χ2v) is 4.43. The number of rotatable bonds is 5. The Hall–Kier alpha value is -1.22. The van der Waals surface area contributed by atoms with Crippen LogP contribution in [0.15, 0.2) is 24.5 Å². The maximum atomic E-state index is 10.8. The molecule has 0 fully saturated rings. The molecule has 0 saturated carbocycles. The minimum atomic E-state index is 0.0262. The first-order chi connectivity index (χ1) is 7.02. The molecule has 0 amide bonds. The molecule has 1 aromatic rings. The van der Waals surface area contributed by atoms with Crippen molar-refractivity contribution < 1.29 is 4.79 Å². The van der Waals surface area contributed by atoms with E-state index in [4.69, 9.17) is 0 Å². The lowest BCUT2D eigenvalue weighted by molar-refractivity contribution is -0.116. The van der Waals surface area contributed by atoms with Crippen molar-refractivity contribution in [3.63, 3.8) is 0 Å².